The maximum absolute atomic E-state index is 12.7. The monoisotopic (exact) mass is 412 g/mol. The number of hydrogen-bond acceptors (Lipinski definition) is 6. The van der Waals surface area contributed by atoms with Crippen LogP contribution < -0.4 is 4.90 Å². The number of carbonyl (C=O) groups excluding carboxylic acids is 1. The van der Waals surface area contributed by atoms with E-state index < -0.39 is 0 Å². The summed E-state index contributed by atoms with van der Waals surface area (Å²) in [5, 5.41) is 3.92. The fourth-order valence-corrected chi connectivity index (χ4v) is 5.27. The molecule has 0 atom stereocenters. The van der Waals surface area contributed by atoms with Gasteiger partial charge < -0.3 is 9.80 Å². The Balaban J connectivity index is 1.40. The van der Waals surface area contributed by atoms with Gasteiger partial charge in [0, 0.05) is 37.8 Å². The second kappa shape index (κ2) is 8.92. The van der Waals surface area contributed by atoms with E-state index in [1.54, 1.807) is 17.7 Å². The number of fused-ring (bicyclic) bond motifs is 1. The summed E-state index contributed by atoms with van der Waals surface area (Å²) in [7, 11) is 1.88. The molecular formula is C21H24N4OS2. The van der Waals surface area contributed by atoms with E-state index in [0.29, 0.717) is 12.3 Å². The zero-order valence-electron chi connectivity index (χ0n) is 16.0. The lowest BCUT2D eigenvalue weighted by Gasteiger charge is -2.31. The van der Waals surface area contributed by atoms with Crippen molar-refractivity contribution in [3.63, 3.8) is 0 Å². The number of thioether (sulfide) groups is 1. The number of hydrogen-bond donors (Lipinski definition) is 0. The van der Waals surface area contributed by atoms with Gasteiger partial charge in [0.25, 0.3) is 0 Å². The average molecular weight is 413 g/mol. The van der Waals surface area contributed by atoms with Gasteiger partial charge in [-0.25, -0.2) is 9.97 Å². The van der Waals surface area contributed by atoms with Crippen LogP contribution in [0.4, 0.5) is 5.69 Å². The largest absolute Gasteiger partial charge is 0.371 e. The molecule has 1 amide bonds. The van der Waals surface area contributed by atoms with Crippen molar-refractivity contribution in [2.45, 2.75) is 30.8 Å². The van der Waals surface area contributed by atoms with E-state index in [9.17, 15) is 4.79 Å². The number of carbonyl (C=O) groups is 1. The van der Waals surface area contributed by atoms with Crippen LogP contribution in [-0.4, -0.2) is 46.7 Å². The summed E-state index contributed by atoms with van der Waals surface area (Å²) in [6, 6.07) is 10.5. The van der Waals surface area contributed by atoms with Crippen LogP contribution in [0.15, 0.2) is 47.1 Å². The highest BCUT2D eigenvalue weighted by Crippen LogP contribution is 2.28. The highest BCUT2D eigenvalue weighted by Gasteiger charge is 2.17. The van der Waals surface area contributed by atoms with Crippen molar-refractivity contribution >= 4 is 44.9 Å². The molecule has 1 aliphatic rings. The number of rotatable bonds is 6. The number of benzene rings is 1. The number of thiophene rings is 1. The summed E-state index contributed by atoms with van der Waals surface area (Å²) in [5.41, 5.74) is 2.48. The second-order valence-electron chi connectivity index (χ2n) is 7.03. The zero-order valence-corrected chi connectivity index (χ0v) is 17.6. The van der Waals surface area contributed by atoms with Gasteiger partial charge in [-0.15, -0.1) is 11.3 Å². The summed E-state index contributed by atoms with van der Waals surface area (Å²) >= 11 is 3.08. The predicted octanol–water partition coefficient (Wildman–Crippen LogP) is 4.43. The summed E-state index contributed by atoms with van der Waals surface area (Å²) in [5.74, 6) is 0.491. The van der Waals surface area contributed by atoms with Crippen molar-refractivity contribution in [2.24, 2.45) is 0 Å². The summed E-state index contributed by atoms with van der Waals surface area (Å²) in [4.78, 5) is 26.6. The second-order valence-corrected chi connectivity index (χ2v) is 8.89. The zero-order chi connectivity index (χ0) is 19.3. The van der Waals surface area contributed by atoms with E-state index in [0.717, 1.165) is 28.3 Å². The Hall–Kier alpha value is -2.12. The molecular weight excluding hydrogens is 388 g/mol. The SMILES string of the molecule is CN(Cc1ccccc1N1CCCCC1)C(=O)CSc1ncnc2sccc12. The minimum Gasteiger partial charge on any atom is -0.371 e. The first kappa shape index (κ1) is 19.2. The molecule has 0 aliphatic carbocycles. The van der Waals surface area contributed by atoms with E-state index in [1.807, 2.05) is 23.4 Å². The highest BCUT2D eigenvalue weighted by molar-refractivity contribution is 8.00. The molecule has 2 aromatic heterocycles. The van der Waals surface area contributed by atoms with Gasteiger partial charge in [-0.2, -0.15) is 0 Å². The molecule has 3 aromatic rings. The van der Waals surface area contributed by atoms with Crippen molar-refractivity contribution in [1.29, 1.82) is 0 Å². The number of amides is 1. The summed E-state index contributed by atoms with van der Waals surface area (Å²) in [6.07, 6.45) is 5.38. The third kappa shape index (κ3) is 4.31. The number of aromatic nitrogens is 2. The molecule has 1 fully saturated rings. The average Bonchev–Trinajstić information content (AvgIpc) is 3.22. The van der Waals surface area contributed by atoms with Crippen LogP contribution in [0.5, 0.6) is 0 Å². The minimum absolute atomic E-state index is 0.112. The molecule has 3 heterocycles. The van der Waals surface area contributed by atoms with Gasteiger partial charge in [-0.3, -0.25) is 4.79 Å². The molecule has 5 nitrogen and oxygen atoms in total. The van der Waals surface area contributed by atoms with Gasteiger partial charge in [0.2, 0.25) is 5.91 Å². The fraction of sp³-hybridized carbons (Fsp3) is 0.381. The van der Waals surface area contributed by atoms with Crippen molar-refractivity contribution in [3.8, 4) is 0 Å². The Morgan fingerprint density at radius 3 is 2.86 bits per heavy atom. The number of nitrogens with zero attached hydrogens (tertiary/aromatic N) is 4. The van der Waals surface area contributed by atoms with Crippen LogP contribution in [0.2, 0.25) is 0 Å². The summed E-state index contributed by atoms with van der Waals surface area (Å²) < 4.78 is 0. The van der Waals surface area contributed by atoms with E-state index >= 15 is 0 Å². The van der Waals surface area contributed by atoms with Crippen LogP contribution in [-0.2, 0) is 11.3 Å². The topological polar surface area (TPSA) is 49.3 Å². The van der Waals surface area contributed by atoms with E-state index in [2.05, 4.69) is 39.1 Å². The van der Waals surface area contributed by atoms with Gasteiger partial charge in [-0.1, -0.05) is 30.0 Å². The van der Waals surface area contributed by atoms with Gasteiger partial charge >= 0.3 is 0 Å². The number of piperidine rings is 1. The lowest BCUT2D eigenvalue weighted by molar-refractivity contribution is -0.127. The molecule has 1 aliphatic heterocycles. The Morgan fingerprint density at radius 2 is 2.00 bits per heavy atom. The van der Waals surface area contributed by atoms with Crippen molar-refractivity contribution in [1.82, 2.24) is 14.9 Å². The Bertz CT molecular complexity index is 952. The van der Waals surface area contributed by atoms with Crippen LogP contribution in [0.3, 0.4) is 0 Å². The lowest BCUT2D eigenvalue weighted by Crippen LogP contribution is -2.32. The van der Waals surface area contributed by atoms with Crippen LogP contribution >= 0.6 is 23.1 Å². The number of para-hydroxylation sites is 1. The van der Waals surface area contributed by atoms with Crippen molar-refractivity contribution in [2.75, 3.05) is 30.8 Å². The molecule has 0 radical (unpaired) electrons. The quantitative estimate of drug-likeness (QED) is 0.443. The van der Waals surface area contributed by atoms with Crippen molar-refractivity contribution < 1.29 is 4.79 Å². The van der Waals surface area contributed by atoms with Crippen LogP contribution in [0.1, 0.15) is 24.8 Å². The predicted molar refractivity (Wildman–Crippen MR) is 117 cm³/mol. The molecule has 0 saturated carbocycles. The molecule has 146 valence electrons. The number of anilines is 1. The molecule has 1 saturated heterocycles. The molecule has 0 spiro atoms. The highest BCUT2D eigenvalue weighted by atomic mass is 32.2. The molecule has 1 aromatic carbocycles. The smallest absolute Gasteiger partial charge is 0.233 e. The lowest BCUT2D eigenvalue weighted by atomic mass is 10.1. The van der Waals surface area contributed by atoms with Gasteiger partial charge in [0.05, 0.1) is 5.75 Å². The summed E-state index contributed by atoms with van der Waals surface area (Å²) in [6.45, 7) is 2.84. The standard InChI is InChI=1S/C21H24N4OS2/c1-24(13-16-7-3-4-8-18(16)25-10-5-2-6-11-25)19(26)14-28-21-17-9-12-27-20(17)22-15-23-21/h3-4,7-9,12,15H,2,5-6,10-11,13-14H2,1H3. The first-order valence-corrected chi connectivity index (χ1v) is 11.5. The first-order chi connectivity index (χ1) is 13.7. The molecule has 4 rings (SSSR count). The van der Waals surface area contributed by atoms with Gasteiger partial charge in [0.1, 0.15) is 16.2 Å². The van der Waals surface area contributed by atoms with Crippen LogP contribution in [0, 0.1) is 0 Å². The van der Waals surface area contributed by atoms with E-state index in [4.69, 9.17) is 0 Å². The van der Waals surface area contributed by atoms with E-state index in [1.165, 1.54) is 42.3 Å². The maximum Gasteiger partial charge on any atom is 0.233 e. The van der Waals surface area contributed by atoms with Gasteiger partial charge in [0.15, 0.2) is 0 Å². The normalized spacial score (nSPS) is 14.4. The Labute approximate surface area is 173 Å². The minimum atomic E-state index is 0.112. The molecule has 7 heteroatoms. The third-order valence-corrected chi connectivity index (χ3v) is 6.89. The van der Waals surface area contributed by atoms with Crippen molar-refractivity contribution in [3.05, 3.63) is 47.6 Å². The third-order valence-electron chi connectivity index (χ3n) is 5.08. The first-order valence-electron chi connectivity index (χ1n) is 9.60. The fourth-order valence-electron chi connectivity index (χ4n) is 3.55. The molecule has 0 unspecified atom stereocenters. The van der Waals surface area contributed by atoms with Gasteiger partial charge in [-0.05, 0) is 42.3 Å². The maximum atomic E-state index is 12.7. The Kier molecular flexibility index (Phi) is 6.12. The molecule has 0 N–H and O–H groups in total. The molecule has 0 bridgehead atoms. The van der Waals surface area contributed by atoms with Crippen LogP contribution in [0.25, 0.3) is 10.2 Å². The van der Waals surface area contributed by atoms with E-state index in [-0.39, 0.29) is 5.91 Å². The molecule has 28 heavy (non-hydrogen) atoms. The Morgan fingerprint density at radius 1 is 1.18 bits per heavy atom.